The Morgan fingerprint density at radius 2 is 1.89 bits per heavy atom. The van der Waals surface area contributed by atoms with Crippen molar-refractivity contribution in [3.63, 3.8) is 0 Å². The first-order chi connectivity index (χ1) is 12.6. The first-order valence-electron chi connectivity index (χ1n) is 8.29. The van der Waals surface area contributed by atoms with Gasteiger partial charge in [-0.25, -0.2) is 4.79 Å². The summed E-state index contributed by atoms with van der Waals surface area (Å²) in [6, 6.07) is 2.01. The van der Waals surface area contributed by atoms with E-state index >= 15 is 0 Å². The summed E-state index contributed by atoms with van der Waals surface area (Å²) in [6.45, 7) is 0.717. The molecule has 0 aliphatic carbocycles. The predicted molar refractivity (Wildman–Crippen MR) is 96.2 cm³/mol. The Labute approximate surface area is 153 Å². The Morgan fingerprint density at radius 3 is 2.52 bits per heavy atom. The molecule has 0 amide bonds. The van der Waals surface area contributed by atoms with Crippen LogP contribution < -0.4 is 11.2 Å². The Morgan fingerprint density at radius 1 is 1.19 bits per heavy atom. The highest BCUT2D eigenvalue weighted by molar-refractivity contribution is 5.94. The second kappa shape index (κ2) is 6.80. The highest BCUT2D eigenvalue weighted by Gasteiger charge is 2.33. The molecule has 9 heteroatoms. The van der Waals surface area contributed by atoms with Crippen LogP contribution in [0.1, 0.15) is 16.7 Å². The normalized spacial score (nSPS) is 13.4. The summed E-state index contributed by atoms with van der Waals surface area (Å²) in [6.07, 6.45) is -1.78. The Balaban J connectivity index is 2.26. The number of likely N-dealkylation sites (N-methyl/N-ethyl adjacent to an activating group) is 1. The standard InChI is InChI=1S/C18H19F3N4O2/c1-23(2)4-5-25-16(26)15(10-24(3)17(25)27)13-7-12(18(19,20)21)6-11-8-22-9-14(11)13/h6-7,9-10H,4-5,8H2,1-3H3. The number of aliphatic imine (C=N–C) groups is 1. The minimum atomic E-state index is -4.54. The Bertz CT molecular complexity index is 1030. The zero-order valence-corrected chi connectivity index (χ0v) is 15.2. The SMILES string of the molecule is CN(C)CCn1c(=O)c(-c2cc(C(F)(F)F)cc3c2C=NC3)cn(C)c1=O. The number of benzene rings is 1. The minimum Gasteiger partial charge on any atom is -0.308 e. The van der Waals surface area contributed by atoms with E-state index in [0.717, 1.165) is 16.7 Å². The molecule has 3 rings (SSSR count). The molecule has 1 aromatic carbocycles. The van der Waals surface area contributed by atoms with Gasteiger partial charge in [0.05, 0.1) is 17.7 Å². The quantitative estimate of drug-likeness (QED) is 0.812. The molecule has 144 valence electrons. The summed E-state index contributed by atoms with van der Waals surface area (Å²) in [5.74, 6) is 0. The number of aromatic nitrogens is 2. The molecule has 27 heavy (non-hydrogen) atoms. The maximum absolute atomic E-state index is 13.3. The van der Waals surface area contributed by atoms with Gasteiger partial charge in [0.1, 0.15) is 0 Å². The number of hydrogen-bond acceptors (Lipinski definition) is 4. The number of halogens is 3. The molecule has 2 heterocycles. The van der Waals surface area contributed by atoms with Crippen molar-refractivity contribution in [3.05, 3.63) is 55.9 Å². The van der Waals surface area contributed by atoms with Gasteiger partial charge in [-0.1, -0.05) is 0 Å². The highest BCUT2D eigenvalue weighted by atomic mass is 19.4. The van der Waals surface area contributed by atoms with E-state index in [1.165, 1.54) is 24.0 Å². The molecular formula is C18H19F3N4O2. The van der Waals surface area contributed by atoms with E-state index in [1.807, 2.05) is 4.90 Å². The van der Waals surface area contributed by atoms with Crippen molar-refractivity contribution in [3.8, 4) is 11.1 Å². The molecule has 0 N–H and O–H groups in total. The number of aryl methyl sites for hydroxylation is 1. The van der Waals surface area contributed by atoms with Gasteiger partial charge in [0.2, 0.25) is 0 Å². The maximum Gasteiger partial charge on any atom is 0.416 e. The third kappa shape index (κ3) is 3.59. The van der Waals surface area contributed by atoms with Crippen molar-refractivity contribution in [1.29, 1.82) is 0 Å². The van der Waals surface area contributed by atoms with Crippen LogP contribution in [-0.2, 0) is 26.3 Å². The van der Waals surface area contributed by atoms with Gasteiger partial charge in [-0.05, 0) is 37.4 Å². The molecule has 0 saturated heterocycles. The molecule has 1 aromatic heterocycles. The molecule has 1 aliphatic rings. The first kappa shape index (κ1) is 19.1. The summed E-state index contributed by atoms with van der Waals surface area (Å²) in [4.78, 5) is 31.1. The molecular weight excluding hydrogens is 361 g/mol. The van der Waals surface area contributed by atoms with E-state index < -0.39 is 23.0 Å². The molecule has 2 aromatic rings. The third-order valence-corrected chi connectivity index (χ3v) is 4.47. The topological polar surface area (TPSA) is 59.6 Å². The van der Waals surface area contributed by atoms with Gasteiger partial charge in [-0.3, -0.25) is 14.4 Å². The zero-order chi connectivity index (χ0) is 19.9. The van der Waals surface area contributed by atoms with Gasteiger partial charge in [-0.15, -0.1) is 0 Å². The molecule has 0 radical (unpaired) electrons. The van der Waals surface area contributed by atoms with E-state index in [9.17, 15) is 22.8 Å². The lowest BCUT2D eigenvalue weighted by molar-refractivity contribution is -0.137. The van der Waals surface area contributed by atoms with Crippen molar-refractivity contribution in [2.24, 2.45) is 12.0 Å². The molecule has 0 atom stereocenters. The van der Waals surface area contributed by atoms with Crippen molar-refractivity contribution in [2.45, 2.75) is 19.3 Å². The van der Waals surface area contributed by atoms with E-state index in [2.05, 4.69) is 4.99 Å². The number of fused-ring (bicyclic) bond motifs is 1. The van der Waals surface area contributed by atoms with Crippen molar-refractivity contribution in [1.82, 2.24) is 14.0 Å². The number of alkyl halides is 3. The van der Waals surface area contributed by atoms with Crippen LogP contribution in [0.5, 0.6) is 0 Å². The van der Waals surface area contributed by atoms with E-state index in [0.29, 0.717) is 17.7 Å². The summed E-state index contributed by atoms with van der Waals surface area (Å²) < 4.78 is 42.2. The minimum absolute atomic E-state index is 0.0477. The van der Waals surface area contributed by atoms with E-state index in [4.69, 9.17) is 0 Å². The molecule has 6 nitrogen and oxygen atoms in total. The lowest BCUT2D eigenvalue weighted by Crippen LogP contribution is -2.41. The summed E-state index contributed by atoms with van der Waals surface area (Å²) in [5.41, 5.74) is -0.878. The Hall–Kier alpha value is -2.68. The van der Waals surface area contributed by atoms with Gasteiger partial charge in [-0.2, -0.15) is 13.2 Å². The van der Waals surface area contributed by atoms with Crippen LogP contribution in [0.15, 0.2) is 32.9 Å². The lowest BCUT2D eigenvalue weighted by Gasteiger charge is -2.16. The first-order valence-corrected chi connectivity index (χ1v) is 8.29. The fraction of sp³-hybridized carbons (Fsp3) is 0.389. The van der Waals surface area contributed by atoms with E-state index in [1.54, 1.807) is 14.1 Å². The monoisotopic (exact) mass is 380 g/mol. The molecule has 0 unspecified atom stereocenters. The fourth-order valence-electron chi connectivity index (χ4n) is 3.03. The summed E-state index contributed by atoms with van der Waals surface area (Å²) in [5, 5.41) is 0. The zero-order valence-electron chi connectivity index (χ0n) is 15.2. The largest absolute Gasteiger partial charge is 0.416 e. The Kier molecular flexibility index (Phi) is 4.81. The number of nitrogens with zero attached hydrogens (tertiary/aromatic N) is 4. The number of rotatable bonds is 4. The lowest BCUT2D eigenvalue weighted by atomic mass is 9.95. The maximum atomic E-state index is 13.3. The molecule has 0 spiro atoms. The summed E-state index contributed by atoms with van der Waals surface area (Å²) in [7, 11) is 5.07. The van der Waals surface area contributed by atoms with Gasteiger partial charge in [0, 0.05) is 38.1 Å². The average molecular weight is 380 g/mol. The fourth-order valence-corrected chi connectivity index (χ4v) is 3.03. The van der Waals surface area contributed by atoms with Crippen LogP contribution in [-0.4, -0.2) is 40.9 Å². The van der Waals surface area contributed by atoms with Crippen molar-refractivity contribution < 1.29 is 13.2 Å². The van der Waals surface area contributed by atoms with Crippen LogP contribution in [0.25, 0.3) is 11.1 Å². The van der Waals surface area contributed by atoms with Crippen LogP contribution in [0.2, 0.25) is 0 Å². The molecule has 0 bridgehead atoms. The van der Waals surface area contributed by atoms with Crippen molar-refractivity contribution in [2.75, 3.05) is 20.6 Å². The average Bonchev–Trinajstić information content (AvgIpc) is 3.05. The predicted octanol–water partition coefficient (Wildman–Crippen LogP) is 1.73. The third-order valence-electron chi connectivity index (χ3n) is 4.47. The molecule has 1 aliphatic heterocycles. The molecule has 0 fully saturated rings. The van der Waals surface area contributed by atoms with Gasteiger partial charge >= 0.3 is 11.9 Å². The van der Waals surface area contributed by atoms with Crippen LogP contribution in [0.4, 0.5) is 13.2 Å². The van der Waals surface area contributed by atoms with E-state index in [-0.39, 0.29) is 24.2 Å². The number of hydrogen-bond donors (Lipinski definition) is 0. The van der Waals surface area contributed by atoms with Crippen LogP contribution >= 0.6 is 0 Å². The van der Waals surface area contributed by atoms with Crippen LogP contribution in [0.3, 0.4) is 0 Å². The summed E-state index contributed by atoms with van der Waals surface area (Å²) >= 11 is 0. The van der Waals surface area contributed by atoms with Crippen LogP contribution in [0, 0.1) is 0 Å². The van der Waals surface area contributed by atoms with Gasteiger partial charge < -0.3 is 9.47 Å². The van der Waals surface area contributed by atoms with Gasteiger partial charge in [0.25, 0.3) is 5.56 Å². The molecule has 0 saturated carbocycles. The second-order valence-electron chi connectivity index (χ2n) is 6.76. The smallest absolute Gasteiger partial charge is 0.308 e. The highest BCUT2D eigenvalue weighted by Crippen LogP contribution is 2.36. The second-order valence-corrected chi connectivity index (χ2v) is 6.76. The van der Waals surface area contributed by atoms with Crippen molar-refractivity contribution >= 4 is 6.21 Å². The van der Waals surface area contributed by atoms with Gasteiger partial charge in [0.15, 0.2) is 0 Å².